The van der Waals surface area contributed by atoms with Crippen LogP contribution in [0.4, 0.5) is 0 Å². The number of fused-ring (bicyclic) bond motifs is 2. The minimum Gasteiger partial charge on any atom is -0.455 e. The second kappa shape index (κ2) is 16.6. The molecule has 0 saturated carbocycles. The molecule has 0 fully saturated rings. The van der Waals surface area contributed by atoms with Gasteiger partial charge >= 0.3 is 0 Å². The predicted molar refractivity (Wildman–Crippen MR) is 265 cm³/mol. The summed E-state index contributed by atoms with van der Waals surface area (Å²) in [5.74, 6) is 5.37. The molecular weight excluding hydrogens is 809 g/mol. The molecule has 10 aromatic rings. The fraction of sp³-hybridized carbons (Fsp3) is 0.0847. The Hall–Kier alpha value is -8.42. The lowest BCUT2D eigenvalue weighted by Gasteiger charge is -2.36. The molecule has 11 rings (SSSR count). The summed E-state index contributed by atoms with van der Waals surface area (Å²) in [6, 6.07) is 66.3. The van der Waals surface area contributed by atoms with Crippen molar-refractivity contribution in [2.45, 2.75) is 33.1 Å². The minimum absolute atomic E-state index is 0.382. The molecule has 0 atom stereocenters. The Bertz CT molecular complexity index is 3230. The molecule has 316 valence electrons. The van der Waals surface area contributed by atoms with Gasteiger partial charge in [0, 0.05) is 61.0 Å². The Labute approximate surface area is 384 Å². The zero-order valence-electron chi connectivity index (χ0n) is 37.1. The first-order valence-electron chi connectivity index (χ1n) is 22.2. The zero-order chi connectivity index (χ0) is 44.8. The summed E-state index contributed by atoms with van der Waals surface area (Å²) in [5, 5.41) is 0. The van der Waals surface area contributed by atoms with Crippen LogP contribution in [0.5, 0.6) is 11.5 Å². The van der Waals surface area contributed by atoms with Gasteiger partial charge in [0.1, 0.15) is 11.5 Å². The second-order valence-corrected chi connectivity index (χ2v) is 17.2. The van der Waals surface area contributed by atoms with E-state index >= 15 is 0 Å². The average Bonchev–Trinajstić information content (AvgIpc) is 3.37. The van der Waals surface area contributed by atoms with Crippen LogP contribution in [-0.2, 0) is 5.41 Å². The molecule has 0 radical (unpaired) electrons. The third-order valence-electron chi connectivity index (χ3n) is 12.6. The number of rotatable bonds is 8. The molecule has 7 heteroatoms. The van der Waals surface area contributed by atoms with Gasteiger partial charge in [-0.15, -0.1) is 0 Å². The molecule has 66 heavy (non-hydrogen) atoms. The van der Waals surface area contributed by atoms with Crippen molar-refractivity contribution in [1.29, 1.82) is 0 Å². The first kappa shape index (κ1) is 40.4. The summed E-state index contributed by atoms with van der Waals surface area (Å²) < 4.78 is 7.23. The van der Waals surface area contributed by atoms with E-state index in [0.717, 1.165) is 89.4 Å². The number of hydrogen-bond donors (Lipinski definition) is 0. The van der Waals surface area contributed by atoms with E-state index in [1.807, 2.05) is 84.9 Å². The molecule has 0 N–H and O–H groups in total. The van der Waals surface area contributed by atoms with Crippen LogP contribution >= 0.6 is 0 Å². The van der Waals surface area contributed by atoms with Gasteiger partial charge in [-0.2, -0.15) is 0 Å². The fourth-order valence-electron chi connectivity index (χ4n) is 8.96. The molecule has 0 amide bonds. The average molecular weight is 853 g/mol. The van der Waals surface area contributed by atoms with Gasteiger partial charge < -0.3 is 4.74 Å². The number of aromatic nitrogens is 6. The van der Waals surface area contributed by atoms with Crippen LogP contribution in [0.15, 0.2) is 194 Å². The molecule has 0 unspecified atom stereocenters. The number of benzene rings is 8. The van der Waals surface area contributed by atoms with Gasteiger partial charge in [-0.25, -0.2) is 29.9 Å². The van der Waals surface area contributed by atoms with Gasteiger partial charge in [0.05, 0.1) is 0 Å². The molecule has 0 aliphatic carbocycles. The molecule has 0 saturated heterocycles. The Balaban J connectivity index is 1.00. The Morgan fingerprint density at radius 3 is 1.05 bits per heavy atom. The van der Waals surface area contributed by atoms with E-state index in [0.29, 0.717) is 34.9 Å². The van der Waals surface area contributed by atoms with E-state index in [-0.39, 0.29) is 5.41 Å². The van der Waals surface area contributed by atoms with Gasteiger partial charge in [-0.3, -0.25) is 0 Å². The number of para-hydroxylation sites is 2. The fourth-order valence-corrected chi connectivity index (χ4v) is 8.96. The summed E-state index contributed by atoms with van der Waals surface area (Å²) >= 11 is 0. The quantitative estimate of drug-likeness (QED) is 0.150. The highest BCUT2D eigenvalue weighted by atomic mass is 16.5. The van der Waals surface area contributed by atoms with Crippen molar-refractivity contribution in [2.24, 2.45) is 0 Å². The first-order valence-corrected chi connectivity index (χ1v) is 22.2. The van der Waals surface area contributed by atoms with Crippen molar-refractivity contribution in [1.82, 2.24) is 29.9 Å². The largest absolute Gasteiger partial charge is 0.455 e. The molecule has 0 bridgehead atoms. The third-order valence-corrected chi connectivity index (χ3v) is 12.6. The highest BCUT2D eigenvalue weighted by Gasteiger charge is 2.37. The smallest absolute Gasteiger partial charge is 0.164 e. The first-order chi connectivity index (χ1) is 32.3. The van der Waals surface area contributed by atoms with Crippen molar-refractivity contribution in [3.8, 4) is 102 Å². The Morgan fingerprint density at radius 2 is 0.621 bits per heavy atom. The molecular formula is C59H44N6O. The lowest BCUT2D eigenvalue weighted by atomic mass is 9.74. The van der Waals surface area contributed by atoms with E-state index in [9.17, 15) is 0 Å². The zero-order valence-corrected chi connectivity index (χ0v) is 37.1. The van der Waals surface area contributed by atoms with Crippen LogP contribution in [0, 0.1) is 13.8 Å². The van der Waals surface area contributed by atoms with E-state index in [4.69, 9.17) is 34.6 Å². The molecule has 2 aromatic heterocycles. The standard InChI is InChI=1S/C59H44N6O/c1-37-19-11-13-29-45(37)57-62-53(39-21-7-5-8-22-39)60-55(64-57)43-27-15-25-41(35-43)47-31-17-33-49-51(47)66-52-48(32-18-34-50(52)59(49,3)4)42-26-16-28-44(36-42)56-61-54(40-23-9-6-10-24-40)63-58(65-56)46-30-14-12-20-38(46)2/h5-36H,1-4H3. The van der Waals surface area contributed by atoms with Gasteiger partial charge in [0.15, 0.2) is 34.9 Å². The molecule has 0 spiro atoms. The number of nitrogens with zero attached hydrogens (tertiary/aromatic N) is 6. The van der Waals surface area contributed by atoms with Crippen molar-refractivity contribution in [3.63, 3.8) is 0 Å². The van der Waals surface area contributed by atoms with Gasteiger partial charge in [-0.1, -0.05) is 196 Å². The normalized spacial score (nSPS) is 12.5. The van der Waals surface area contributed by atoms with Crippen LogP contribution in [-0.4, -0.2) is 29.9 Å². The molecule has 3 heterocycles. The van der Waals surface area contributed by atoms with Crippen molar-refractivity contribution >= 4 is 0 Å². The van der Waals surface area contributed by atoms with E-state index in [1.54, 1.807) is 0 Å². The summed E-state index contributed by atoms with van der Waals surface area (Å²) in [5.41, 5.74) is 13.6. The van der Waals surface area contributed by atoms with Crippen LogP contribution in [0.3, 0.4) is 0 Å². The molecule has 8 aromatic carbocycles. The van der Waals surface area contributed by atoms with Crippen molar-refractivity contribution < 1.29 is 4.74 Å². The molecule has 1 aliphatic rings. The van der Waals surface area contributed by atoms with Crippen LogP contribution < -0.4 is 4.74 Å². The topological polar surface area (TPSA) is 86.6 Å². The van der Waals surface area contributed by atoms with Crippen LogP contribution in [0.1, 0.15) is 36.1 Å². The van der Waals surface area contributed by atoms with E-state index in [1.165, 1.54) is 0 Å². The second-order valence-electron chi connectivity index (χ2n) is 17.2. The van der Waals surface area contributed by atoms with Crippen molar-refractivity contribution in [2.75, 3.05) is 0 Å². The number of ether oxygens (including phenoxy) is 1. The van der Waals surface area contributed by atoms with Crippen LogP contribution in [0.25, 0.3) is 90.6 Å². The maximum atomic E-state index is 7.23. The lowest BCUT2D eigenvalue weighted by Crippen LogP contribution is -2.25. The summed E-state index contributed by atoms with van der Waals surface area (Å²) in [6.45, 7) is 8.72. The number of aryl methyl sites for hydroxylation is 2. The van der Waals surface area contributed by atoms with Gasteiger partial charge in [0.25, 0.3) is 0 Å². The van der Waals surface area contributed by atoms with Crippen molar-refractivity contribution in [3.05, 3.63) is 216 Å². The minimum atomic E-state index is -0.382. The lowest BCUT2D eigenvalue weighted by molar-refractivity contribution is 0.421. The summed E-state index contributed by atoms with van der Waals surface area (Å²) in [4.78, 5) is 30.2. The maximum absolute atomic E-state index is 7.23. The van der Waals surface area contributed by atoms with E-state index in [2.05, 4.69) is 137 Å². The SMILES string of the molecule is Cc1ccccc1-c1nc(-c2ccccc2)nc(-c2cccc(-c3cccc4c3Oc3c(-c5cccc(-c6nc(-c7ccccc7)nc(-c7ccccc7C)n6)c5)cccc3C4(C)C)c2)n1. The maximum Gasteiger partial charge on any atom is 0.164 e. The predicted octanol–water partition coefficient (Wildman–Crippen LogP) is 14.4. The highest BCUT2D eigenvalue weighted by Crippen LogP contribution is 2.54. The highest BCUT2D eigenvalue weighted by molar-refractivity contribution is 5.83. The van der Waals surface area contributed by atoms with Gasteiger partial charge in [-0.05, 0) is 48.2 Å². The van der Waals surface area contributed by atoms with E-state index < -0.39 is 0 Å². The monoisotopic (exact) mass is 852 g/mol. The van der Waals surface area contributed by atoms with Crippen LogP contribution in [0.2, 0.25) is 0 Å². The molecule has 1 aliphatic heterocycles. The Kier molecular flexibility index (Phi) is 10.2. The molecule has 7 nitrogen and oxygen atoms in total. The Morgan fingerprint density at radius 1 is 0.303 bits per heavy atom. The summed E-state index contributed by atoms with van der Waals surface area (Å²) in [7, 11) is 0. The van der Waals surface area contributed by atoms with Gasteiger partial charge in [0.2, 0.25) is 0 Å². The third kappa shape index (κ3) is 7.40. The number of hydrogen-bond acceptors (Lipinski definition) is 7. The summed E-state index contributed by atoms with van der Waals surface area (Å²) in [6.07, 6.45) is 0.